The molecule has 0 aromatic carbocycles. The normalized spacial score (nSPS) is 8.89. The Kier molecular flexibility index (Phi) is 2.53. The van der Waals surface area contributed by atoms with Crippen molar-refractivity contribution in [3.8, 4) is 6.07 Å². The van der Waals surface area contributed by atoms with E-state index in [0.717, 1.165) is 0 Å². The molecule has 1 rings (SSSR count). The van der Waals surface area contributed by atoms with Gasteiger partial charge in [-0.3, -0.25) is 0 Å². The molecule has 0 aliphatic heterocycles. The maximum atomic E-state index is 8.29. The molecular weight excluding hydrogens is 245 g/mol. The van der Waals surface area contributed by atoms with Crippen LogP contribution in [0.15, 0.2) is 15.5 Å². The van der Waals surface area contributed by atoms with Crippen LogP contribution in [0, 0.1) is 11.3 Å². The molecule has 1 aromatic rings. The first-order chi connectivity index (χ1) is 4.33. The number of nitriles is 1. The molecule has 1 aromatic heterocycles. The molecule has 0 atom stereocenters. The van der Waals surface area contributed by atoms with Gasteiger partial charge >= 0.3 is 68.1 Å². The number of rotatable bonds is 1. The quantitative estimate of drug-likeness (QED) is 0.693. The minimum absolute atomic E-state index is 0.412. The molecule has 0 saturated heterocycles. The molecule has 0 aliphatic rings. The van der Waals surface area contributed by atoms with Gasteiger partial charge in [-0.1, -0.05) is 0 Å². The van der Waals surface area contributed by atoms with Crippen molar-refractivity contribution in [3.05, 3.63) is 19.9 Å². The Morgan fingerprint density at radius 1 is 1.67 bits per heavy atom. The van der Waals surface area contributed by atoms with Gasteiger partial charge in [0.15, 0.2) is 0 Å². The van der Waals surface area contributed by atoms with Crippen LogP contribution in [-0.2, 0) is 6.42 Å². The molecule has 0 amide bonds. The van der Waals surface area contributed by atoms with Crippen LogP contribution in [0.4, 0.5) is 0 Å². The molecule has 0 N–H and O–H groups in total. The molecule has 0 saturated carbocycles. The van der Waals surface area contributed by atoms with E-state index in [4.69, 9.17) is 5.26 Å². The van der Waals surface area contributed by atoms with E-state index in [1.54, 1.807) is 0 Å². The van der Waals surface area contributed by atoms with Gasteiger partial charge in [0, 0.05) is 0 Å². The molecule has 0 unspecified atom stereocenters. The average molecular weight is 249 g/mol. The zero-order valence-electron chi connectivity index (χ0n) is 4.60. The number of hydrogen-bond donors (Lipinski definition) is 0. The number of hydrogen-bond acceptors (Lipinski definition) is 1. The summed E-state index contributed by atoms with van der Waals surface area (Å²) in [7, 11) is 0. The first kappa shape index (κ1) is 7.08. The Balaban J connectivity index is 2.76. The van der Waals surface area contributed by atoms with Crippen molar-refractivity contribution in [1.29, 1.82) is 5.26 Å². The SMILES string of the molecule is N#CCc1ccc(Br)[se]1. The van der Waals surface area contributed by atoms with Crippen molar-refractivity contribution < 1.29 is 0 Å². The molecule has 0 spiro atoms. The molecule has 1 heterocycles. The van der Waals surface area contributed by atoms with E-state index in [1.807, 2.05) is 12.1 Å². The molecule has 9 heavy (non-hydrogen) atoms. The van der Waals surface area contributed by atoms with Crippen LogP contribution < -0.4 is 0 Å². The van der Waals surface area contributed by atoms with Crippen LogP contribution in [0.5, 0.6) is 0 Å². The summed E-state index contributed by atoms with van der Waals surface area (Å²) in [5.41, 5.74) is 0. The van der Waals surface area contributed by atoms with Gasteiger partial charge in [0.05, 0.1) is 0 Å². The van der Waals surface area contributed by atoms with Crippen LogP contribution in [-0.4, -0.2) is 14.5 Å². The van der Waals surface area contributed by atoms with E-state index in [-0.39, 0.29) is 0 Å². The Bertz CT molecular complexity index is 235. The molecule has 1 nitrogen and oxygen atoms in total. The summed E-state index contributed by atoms with van der Waals surface area (Å²) in [6.45, 7) is 0. The van der Waals surface area contributed by atoms with Gasteiger partial charge in [0.1, 0.15) is 0 Å². The summed E-state index contributed by atoms with van der Waals surface area (Å²) >= 11 is 3.79. The topological polar surface area (TPSA) is 23.8 Å². The van der Waals surface area contributed by atoms with E-state index in [1.165, 1.54) is 7.78 Å². The fourth-order valence-corrected chi connectivity index (χ4v) is 3.12. The van der Waals surface area contributed by atoms with Gasteiger partial charge in [-0.05, 0) is 0 Å². The van der Waals surface area contributed by atoms with Gasteiger partial charge in [0.25, 0.3) is 0 Å². The second kappa shape index (κ2) is 3.22. The third kappa shape index (κ3) is 1.98. The summed E-state index contributed by atoms with van der Waals surface area (Å²) in [5, 5.41) is 8.29. The van der Waals surface area contributed by atoms with E-state index < -0.39 is 0 Å². The van der Waals surface area contributed by atoms with Gasteiger partial charge in [-0.15, -0.1) is 0 Å². The second-order valence-electron chi connectivity index (χ2n) is 1.54. The van der Waals surface area contributed by atoms with Crippen molar-refractivity contribution in [3.63, 3.8) is 0 Å². The summed E-state index contributed by atoms with van der Waals surface area (Å²) in [6.07, 6.45) is 0.589. The van der Waals surface area contributed by atoms with Crippen molar-refractivity contribution in [2.24, 2.45) is 0 Å². The first-order valence-corrected chi connectivity index (χ1v) is 4.94. The molecule has 0 bridgehead atoms. The molecule has 0 radical (unpaired) electrons. The van der Waals surface area contributed by atoms with Crippen molar-refractivity contribution in [1.82, 2.24) is 0 Å². The van der Waals surface area contributed by atoms with Gasteiger partial charge in [0.2, 0.25) is 0 Å². The van der Waals surface area contributed by atoms with Crippen LogP contribution in [0.3, 0.4) is 0 Å². The third-order valence-electron chi connectivity index (χ3n) is 0.882. The average Bonchev–Trinajstić information content (AvgIpc) is 2.17. The van der Waals surface area contributed by atoms with Crippen molar-refractivity contribution in [2.45, 2.75) is 6.42 Å². The molecular formula is C6H4BrNSe. The maximum absolute atomic E-state index is 8.29. The monoisotopic (exact) mass is 249 g/mol. The Morgan fingerprint density at radius 3 is 2.89 bits per heavy atom. The van der Waals surface area contributed by atoms with Crippen molar-refractivity contribution in [2.75, 3.05) is 0 Å². The molecule has 46 valence electrons. The fraction of sp³-hybridized carbons (Fsp3) is 0.167. The van der Waals surface area contributed by atoms with E-state index >= 15 is 0 Å². The van der Waals surface area contributed by atoms with E-state index in [9.17, 15) is 0 Å². The third-order valence-corrected chi connectivity index (χ3v) is 3.82. The second-order valence-corrected chi connectivity index (χ2v) is 6.03. The molecule has 0 aliphatic carbocycles. The molecule has 0 fully saturated rings. The van der Waals surface area contributed by atoms with Crippen LogP contribution in [0.25, 0.3) is 0 Å². The van der Waals surface area contributed by atoms with Crippen molar-refractivity contribution >= 4 is 30.4 Å². The predicted molar refractivity (Wildman–Crippen MR) is 40.4 cm³/mol. The van der Waals surface area contributed by atoms with Gasteiger partial charge < -0.3 is 0 Å². The Hall–Kier alpha value is -0.0305. The van der Waals surface area contributed by atoms with E-state index in [0.29, 0.717) is 20.9 Å². The first-order valence-electron chi connectivity index (χ1n) is 2.44. The van der Waals surface area contributed by atoms with Crippen LogP contribution in [0.2, 0.25) is 0 Å². The van der Waals surface area contributed by atoms with Gasteiger partial charge in [-0.25, -0.2) is 0 Å². The minimum atomic E-state index is 0.412. The summed E-state index contributed by atoms with van der Waals surface area (Å²) in [4.78, 5) is 0. The number of halogens is 1. The zero-order valence-corrected chi connectivity index (χ0v) is 7.89. The van der Waals surface area contributed by atoms with E-state index in [2.05, 4.69) is 22.0 Å². The summed E-state index contributed by atoms with van der Waals surface area (Å²) in [5.74, 6) is 0. The fourth-order valence-electron chi connectivity index (χ4n) is 0.525. The Labute approximate surface area is 68.2 Å². The zero-order chi connectivity index (χ0) is 6.69. The van der Waals surface area contributed by atoms with Crippen LogP contribution >= 0.6 is 15.9 Å². The molecule has 3 heteroatoms. The van der Waals surface area contributed by atoms with Crippen LogP contribution in [0.1, 0.15) is 4.44 Å². The summed E-state index contributed by atoms with van der Waals surface area (Å²) < 4.78 is 2.50. The Morgan fingerprint density at radius 2 is 2.44 bits per heavy atom. The predicted octanol–water partition coefficient (Wildman–Crippen LogP) is 1.57. The summed E-state index contributed by atoms with van der Waals surface area (Å²) in [6, 6.07) is 6.16. The standard InChI is InChI=1S/C6H4BrNSe/c7-6-2-1-5(9-6)3-4-8/h1-2H,3H2. The van der Waals surface area contributed by atoms with Gasteiger partial charge in [-0.2, -0.15) is 0 Å². The number of nitrogens with zero attached hydrogens (tertiary/aromatic N) is 1.